The van der Waals surface area contributed by atoms with Crippen LogP contribution in [0.4, 0.5) is 4.39 Å². The molecule has 3 aliphatic rings. The first kappa shape index (κ1) is 20.4. The largest absolute Gasteiger partial charge is 0.462 e. The summed E-state index contributed by atoms with van der Waals surface area (Å²) in [7, 11) is 0. The zero-order valence-corrected chi connectivity index (χ0v) is 17.8. The molecule has 162 valence electrons. The summed E-state index contributed by atoms with van der Waals surface area (Å²) >= 11 is 0. The number of benzene rings is 1. The van der Waals surface area contributed by atoms with E-state index >= 15 is 0 Å². The molecule has 2 aromatic rings. The van der Waals surface area contributed by atoms with E-state index in [2.05, 4.69) is 17.1 Å². The number of carbonyl (C=O) groups is 1. The normalized spacial score (nSPS) is 34.9. The van der Waals surface area contributed by atoms with Crippen molar-refractivity contribution in [2.24, 2.45) is 35.3 Å². The van der Waals surface area contributed by atoms with Crippen LogP contribution >= 0.6 is 0 Å². The van der Waals surface area contributed by atoms with Gasteiger partial charge in [0.2, 0.25) is 0 Å². The van der Waals surface area contributed by atoms with Gasteiger partial charge >= 0.3 is 5.97 Å². The summed E-state index contributed by atoms with van der Waals surface area (Å²) in [5.74, 6) is 1.25. The smallest absolute Gasteiger partial charge is 0.309 e. The molecule has 0 radical (unpaired) electrons. The molecule has 4 nitrogen and oxygen atoms in total. The number of hydrogen-bond donors (Lipinski definition) is 1. The summed E-state index contributed by atoms with van der Waals surface area (Å²) in [6, 6.07) is 10.7. The van der Waals surface area contributed by atoms with Crippen LogP contribution in [0, 0.1) is 35.4 Å². The highest BCUT2D eigenvalue weighted by Gasteiger charge is 2.54. The molecule has 0 unspecified atom stereocenters. The molecule has 3 fully saturated rings. The third kappa shape index (κ3) is 3.91. The van der Waals surface area contributed by atoms with Crippen molar-refractivity contribution in [2.45, 2.75) is 44.8 Å². The van der Waals surface area contributed by atoms with E-state index in [-0.39, 0.29) is 35.8 Å². The third-order valence-electron chi connectivity index (χ3n) is 7.62. The van der Waals surface area contributed by atoms with E-state index in [1.165, 1.54) is 12.1 Å². The van der Waals surface area contributed by atoms with Crippen LogP contribution in [0.1, 0.15) is 38.3 Å². The Balaban J connectivity index is 1.39. The molecule has 2 N–H and O–H groups in total. The van der Waals surface area contributed by atoms with Crippen LogP contribution in [-0.2, 0) is 9.53 Å². The van der Waals surface area contributed by atoms with Crippen LogP contribution in [-0.4, -0.2) is 23.1 Å². The number of nitrogens with two attached hydrogens (primary N) is 1. The molecule has 1 aromatic heterocycles. The second kappa shape index (κ2) is 8.19. The Morgan fingerprint density at radius 1 is 1.16 bits per heavy atom. The fraction of sp³-hybridized carbons (Fsp3) is 0.462. The average Bonchev–Trinajstić information content (AvgIpc) is 3.04. The minimum atomic E-state index is -0.252. The molecular weight excluding hydrogens is 391 g/mol. The Morgan fingerprint density at radius 2 is 2.03 bits per heavy atom. The van der Waals surface area contributed by atoms with Crippen molar-refractivity contribution in [3.63, 3.8) is 0 Å². The Labute approximate surface area is 182 Å². The van der Waals surface area contributed by atoms with Crippen LogP contribution < -0.4 is 5.73 Å². The summed E-state index contributed by atoms with van der Waals surface area (Å²) in [6.45, 7) is 2.03. The molecule has 0 spiro atoms. The highest BCUT2D eigenvalue weighted by Crippen LogP contribution is 2.53. The van der Waals surface area contributed by atoms with Crippen molar-refractivity contribution in [1.29, 1.82) is 0 Å². The predicted octanol–water partition coefficient (Wildman–Crippen LogP) is 4.84. The molecule has 2 heterocycles. The molecular formula is C26H29FN2O2. The molecule has 7 atom stereocenters. The molecule has 0 amide bonds. The van der Waals surface area contributed by atoms with Crippen LogP contribution in [0.2, 0.25) is 0 Å². The van der Waals surface area contributed by atoms with Gasteiger partial charge in [0.15, 0.2) is 0 Å². The first-order valence-corrected chi connectivity index (χ1v) is 11.4. The highest BCUT2D eigenvalue weighted by atomic mass is 19.1. The van der Waals surface area contributed by atoms with Crippen molar-refractivity contribution in [1.82, 2.24) is 4.98 Å². The maximum Gasteiger partial charge on any atom is 0.309 e. The molecule has 1 saturated heterocycles. The second-order valence-corrected chi connectivity index (χ2v) is 9.48. The minimum absolute atomic E-state index is 0.0143. The van der Waals surface area contributed by atoms with Crippen LogP contribution in [0.15, 0.2) is 48.7 Å². The molecule has 2 saturated carbocycles. The van der Waals surface area contributed by atoms with E-state index in [0.717, 1.165) is 42.5 Å². The number of esters is 1. The van der Waals surface area contributed by atoms with Gasteiger partial charge in [-0.25, -0.2) is 4.39 Å². The van der Waals surface area contributed by atoms with Gasteiger partial charge in [0, 0.05) is 23.7 Å². The highest BCUT2D eigenvalue weighted by molar-refractivity contribution is 5.75. The van der Waals surface area contributed by atoms with Gasteiger partial charge in [-0.1, -0.05) is 24.3 Å². The number of hydrogen-bond acceptors (Lipinski definition) is 4. The summed E-state index contributed by atoms with van der Waals surface area (Å²) in [4.78, 5) is 17.1. The van der Waals surface area contributed by atoms with Crippen LogP contribution in [0.3, 0.4) is 0 Å². The van der Waals surface area contributed by atoms with E-state index < -0.39 is 0 Å². The fourth-order valence-corrected chi connectivity index (χ4v) is 6.20. The maximum absolute atomic E-state index is 13.5. The molecule has 5 rings (SSSR count). The van der Waals surface area contributed by atoms with Gasteiger partial charge in [-0.2, -0.15) is 0 Å². The first-order valence-electron chi connectivity index (χ1n) is 11.4. The summed E-state index contributed by atoms with van der Waals surface area (Å²) in [6.07, 6.45) is 10.1. The monoisotopic (exact) mass is 420 g/mol. The lowest BCUT2D eigenvalue weighted by Crippen LogP contribution is -2.46. The Morgan fingerprint density at radius 3 is 2.81 bits per heavy atom. The zero-order valence-electron chi connectivity index (χ0n) is 17.8. The number of carbonyl (C=O) groups excluding carboxylic acids is 1. The van der Waals surface area contributed by atoms with Gasteiger partial charge < -0.3 is 10.5 Å². The number of halogens is 1. The SMILES string of the molecule is C[C@H]1OC(=O)[C@@H]2C[C@@H]3C[C@H](N)CC[C@H]3[C@H](C=Cc3ccc(-c4cccc(F)c4)cn3)[C@H]12. The van der Waals surface area contributed by atoms with Gasteiger partial charge in [0.1, 0.15) is 11.9 Å². The van der Waals surface area contributed by atoms with Crippen molar-refractivity contribution >= 4 is 12.0 Å². The number of ether oxygens (including phenoxy) is 1. The summed E-state index contributed by atoms with van der Waals surface area (Å²) < 4.78 is 19.2. The molecule has 1 aromatic carbocycles. The third-order valence-corrected chi connectivity index (χ3v) is 7.62. The summed E-state index contributed by atoms with van der Waals surface area (Å²) in [5.41, 5.74) is 8.82. The minimum Gasteiger partial charge on any atom is -0.462 e. The van der Waals surface area contributed by atoms with E-state index in [0.29, 0.717) is 17.8 Å². The Bertz CT molecular complexity index is 989. The van der Waals surface area contributed by atoms with Crippen molar-refractivity contribution in [3.8, 4) is 11.1 Å². The lowest BCUT2D eigenvalue weighted by atomic mass is 9.57. The molecule has 5 heteroatoms. The van der Waals surface area contributed by atoms with E-state index in [1.807, 2.05) is 25.1 Å². The molecule has 0 bridgehead atoms. The maximum atomic E-state index is 13.5. The van der Waals surface area contributed by atoms with E-state index in [9.17, 15) is 9.18 Å². The van der Waals surface area contributed by atoms with Gasteiger partial charge in [-0.05, 0) is 80.2 Å². The number of fused-ring (bicyclic) bond motifs is 2. The first-order chi connectivity index (χ1) is 15.0. The van der Waals surface area contributed by atoms with Gasteiger partial charge in [-0.3, -0.25) is 9.78 Å². The van der Waals surface area contributed by atoms with Crippen molar-refractivity contribution < 1.29 is 13.9 Å². The second-order valence-electron chi connectivity index (χ2n) is 9.48. The number of pyridine rings is 1. The lowest BCUT2D eigenvalue weighted by Gasteiger charge is -2.47. The van der Waals surface area contributed by atoms with E-state index in [1.54, 1.807) is 12.3 Å². The Kier molecular flexibility index (Phi) is 5.39. The number of rotatable bonds is 3. The topological polar surface area (TPSA) is 65.2 Å². The molecule has 1 aliphatic heterocycles. The molecule has 2 aliphatic carbocycles. The fourth-order valence-electron chi connectivity index (χ4n) is 6.20. The number of aromatic nitrogens is 1. The predicted molar refractivity (Wildman–Crippen MR) is 118 cm³/mol. The van der Waals surface area contributed by atoms with Crippen LogP contribution in [0.5, 0.6) is 0 Å². The van der Waals surface area contributed by atoms with Crippen molar-refractivity contribution in [3.05, 3.63) is 60.2 Å². The van der Waals surface area contributed by atoms with Gasteiger partial charge in [-0.15, -0.1) is 0 Å². The van der Waals surface area contributed by atoms with Crippen molar-refractivity contribution in [2.75, 3.05) is 0 Å². The van der Waals surface area contributed by atoms with E-state index in [4.69, 9.17) is 10.5 Å². The van der Waals surface area contributed by atoms with Crippen LogP contribution in [0.25, 0.3) is 17.2 Å². The lowest BCUT2D eigenvalue weighted by molar-refractivity contribution is -0.144. The van der Waals surface area contributed by atoms with Gasteiger partial charge in [0.05, 0.1) is 11.6 Å². The Hall–Kier alpha value is -2.53. The zero-order chi connectivity index (χ0) is 21.5. The number of nitrogens with zero attached hydrogens (tertiary/aromatic N) is 1. The standard InChI is InChI=1S/C26H29FN2O2/c1-15-25-23(22-9-6-20(28)12-18(22)13-24(25)26(30)31-15)10-8-21-7-5-17(14-29-21)16-3-2-4-19(27)11-16/h2-5,7-8,10-11,14-15,18,20,22-25H,6,9,12-13,28H2,1H3/t15-,18+,20-,22-,23+,24-,25+/m1/s1. The van der Waals surface area contributed by atoms with Gasteiger partial charge in [0.25, 0.3) is 0 Å². The average molecular weight is 421 g/mol. The number of cyclic esters (lactones) is 1. The molecule has 31 heavy (non-hydrogen) atoms. The summed E-state index contributed by atoms with van der Waals surface area (Å²) in [5, 5.41) is 0. The quantitative estimate of drug-likeness (QED) is 0.722. The number of allylic oxidation sites excluding steroid dienone is 1.